The molecule has 72 valence electrons. The number of thiophene rings is 1. The highest BCUT2D eigenvalue weighted by molar-refractivity contribution is 7.10. The van der Waals surface area contributed by atoms with Crippen LogP contribution in [0.2, 0.25) is 0 Å². The second-order valence-electron chi connectivity index (χ2n) is 2.80. The zero-order valence-corrected chi connectivity index (χ0v) is 8.38. The maximum absolute atomic E-state index is 11.4. The second kappa shape index (κ2) is 4.99. The Morgan fingerprint density at radius 2 is 2.46 bits per heavy atom. The summed E-state index contributed by atoms with van der Waals surface area (Å²) in [5.41, 5.74) is 0. The Hall–Kier alpha value is -0.870. The molecule has 0 unspecified atom stereocenters. The van der Waals surface area contributed by atoms with Crippen LogP contribution in [0.5, 0.6) is 0 Å². The Kier molecular flexibility index (Phi) is 3.92. The second-order valence-corrected chi connectivity index (χ2v) is 3.83. The zero-order chi connectivity index (χ0) is 9.68. The van der Waals surface area contributed by atoms with Crippen LogP contribution < -0.4 is 0 Å². The topological polar surface area (TPSA) is 40.5 Å². The van der Waals surface area contributed by atoms with Crippen LogP contribution in [0.3, 0.4) is 0 Å². The van der Waals surface area contributed by atoms with Gasteiger partial charge in [-0.1, -0.05) is 6.07 Å². The third kappa shape index (κ3) is 3.16. The van der Waals surface area contributed by atoms with Gasteiger partial charge in [-0.05, 0) is 11.4 Å². The summed E-state index contributed by atoms with van der Waals surface area (Å²) in [6.45, 7) is 0.427. The smallest absolute Gasteiger partial charge is 0.227 e. The molecule has 0 aromatic carbocycles. The molecule has 0 spiro atoms. The first-order valence-electron chi connectivity index (χ1n) is 4.11. The van der Waals surface area contributed by atoms with Gasteiger partial charge in [0.15, 0.2) is 0 Å². The largest absolute Gasteiger partial charge is 0.395 e. The van der Waals surface area contributed by atoms with Gasteiger partial charge >= 0.3 is 0 Å². The number of aliphatic hydroxyl groups is 1. The van der Waals surface area contributed by atoms with Crippen LogP contribution >= 0.6 is 11.3 Å². The lowest BCUT2D eigenvalue weighted by Gasteiger charge is -2.14. The molecule has 0 bridgehead atoms. The summed E-state index contributed by atoms with van der Waals surface area (Å²) < 4.78 is 0. The molecule has 3 nitrogen and oxygen atoms in total. The van der Waals surface area contributed by atoms with Crippen molar-refractivity contribution < 1.29 is 9.90 Å². The molecule has 0 atom stereocenters. The molecular weight excluding hydrogens is 186 g/mol. The van der Waals surface area contributed by atoms with Gasteiger partial charge in [0.25, 0.3) is 0 Å². The normalized spacial score (nSPS) is 10.0. The van der Waals surface area contributed by atoms with Crippen LogP contribution in [0.25, 0.3) is 0 Å². The van der Waals surface area contributed by atoms with Gasteiger partial charge in [-0.2, -0.15) is 0 Å². The van der Waals surface area contributed by atoms with Crippen LogP contribution in [0, 0.1) is 0 Å². The first-order valence-corrected chi connectivity index (χ1v) is 4.99. The van der Waals surface area contributed by atoms with Crippen molar-refractivity contribution in [3.05, 3.63) is 22.4 Å². The average molecular weight is 199 g/mol. The monoisotopic (exact) mass is 199 g/mol. The minimum absolute atomic E-state index is 0.0205. The standard InChI is InChI=1S/C9H13NO2S/c1-10(4-5-11)9(12)7-8-3-2-6-13-8/h2-3,6,11H,4-5,7H2,1H3. The van der Waals surface area contributed by atoms with Gasteiger partial charge < -0.3 is 10.0 Å². The number of carbonyl (C=O) groups is 1. The van der Waals surface area contributed by atoms with Gasteiger partial charge in [-0.25, -0.2) is 0 Å². The van der Waals surface area contributed by atoms with Crippen LogP contribution in [0.1, 0.15) is 4.88 Å². The molecule has 0 fully saturated rings. The third-order valence-electron chi connectivity index (χ3n) is 1.77. The molecule has 1 aromatic heterocycles. The van der Waals surface area contributed by atoms with Gasteiger partial charge in [0.1, 0.15) is 0 Å². The molecule has 0 aliphatic rings. The Bertz CT molecular complexity index is 259. The highest BCUT2D eigenvalue weighted by Crippen LogP contribution is 2.09. The molecule has 0 saturated heterocycles. The van der Waals surface area contributed by atoms with E-state index in [1.54, 1.807) is 23.3 Å². The lowest BCUT2D eigenvalue weighted by Crippen LogP contribution is -2.30. The Balaban J connectivity index is 2.41. The fourth-order valence-electron chi connectivity index (χ4n) is 0.972. The summed E-state index contributed by atoms with van der Waals surface area (Å²) in [7, 11) is 1.70. The van der Waals surface area contributed by atoms with Crippen molar-refractivity contribution >= 4 is 17.2 Å². The highest BCUT2D eigenvalue weighted by atomic mass is 32.1. The van der Waals surface area contributed by atoms with E-state index in [1.807, 2.05) is 17.5 Å². The highest BCUT2D eigenvalue weighted by Gasteiger charge is 2.08. The molecule has 0 saturated carbocycles. The Morgan fingerprint density at radius 3 is 3.00 bits per heavy atom. The number of rotatable bonds is 4. The molecule has 1 rings (SSSR count). The number of likely N-dealkylation sites (N-methyl/N-ethyl adjacent to an activating group) is 1. The predicted molar refractivity (Wildman–Crippen MR) is 52.7 cm³/mol. The Morgan fingerprint density at radius 1 is 1.69 bits per heavy atom. The maximum Gasteiger partial charge on any atom is 0.227 e. The van der Waals surface area contributed by atoms with Crippen molar-refractivity contribution in [2.24, 2.45) is 0 Å². The molecule has 13 heavy (non-hydrogen) atoms. The number of carbonyl (C=O) groups excluding carboxylic acids is 1. The zero-order valence-electron chi connectivity index (χ0n) is 7.56. The van der Waals surface area contributed by atoms with Gasteiger partial charge in [0, 0.05) is 18.5 Å². The number of nitrogens with zero attached hydrogens (tertiary/aromatic N) is 1. The summed E-state index contributed by atoms with van der Waals surface area (Å²) in [6.07, 6.45) is 0.439. The maximum atomic E-state index is 11.4. The van der Waals surface area contributed by atoms with Gasteiger partial charge in [0.2, 0.25) is 5.91 Å². The summed E-state index contributed by atoms with van der Waals surface area (Å²) >= 11 is 1.58. The van der Waals surface area contributed by atoms with Gasteiger partial charge in [-0.15, -0.1) is 11.3 Å². The summed E-state index contributed by atoms with van der Waals surface area (Å²) in [6, 6.07) is 3.87. The minimum atomic E-state index is 0.0205. The molecular formula is C9H13NO2S. The van der Waals surface area contributed by atoms with Crippen molar-refractivity contribution in [3.63, 3.8) is 0 Å². The van der Waals surface area contributed by atoms with Crippen molar-refractivity contribution in [1.82, 2.24) is 4.90 Å². The number of amides is 1. The summed E-state index contributed by atoms with van der Waals surface area (Å²) in [4.78, 5) is 14.0. The van der Waals surface area contributed by atoms with E-state index in [0.717, 1.165) is 4.88 Å². The van der Waals surface area contributed by atoms with E-state index in [1.165, 1.54) is 0 Å². The predicted octanol–water partition coefficient (Wildman–Crippen LogP) is 0.741. The van der Waals surface area contributed by atoms with Crippen molar-refractivity contribution in [2.45, 2.75) is 6.42 Å². The molecule has 4 heteroatoms. The lowest BCUT2D eigenvalue weighted by atomic mass is 10.3. The molecule has 1 N–H and O–H groups in total. The van der Waals surface area contributed by atoms with E-state index in [2.05, 4.69) is 0 Å². The van der Waals surface area contributed by atoms with Crippen LogP contribution in [0.15, 0.2) is 17.5 Å². The molecule has 1 aromatic rings. The van der Waals surface area contributed by atoms with Crippen LogP contribution in [-0.2, 0) is 11.2 Å². The van der Waals surface area contributed by atoms with Gasteiger partial charge in [-0.3, -0.25) is 4.79 Å². The molecule has 0 aliphatic heterocycles. The van der Waals surface area contributed by atoms with Crippen molar-refractivity contribution in [1.29, 1.82) is 0 Å². The minimum Gasteiger partial charge on any atom is -0.395 e. The van der Waals surface area contributed by atoms with E-state index >= 15 is 0 Å². The SMILES string of the molecule is CN(CCO)C(=O)Cc1cccs1. The fraction of sp³-hybridized carbons (Fsp3) is 0.444. The quantitative estimate of drug-likeness (QED) is 0.777. The Labute approximate surface area is 81.6 Å². The van der Waals surface area contributed by atoms with Crippen LogP contribution in [0.4, 0.5) is 0 Å². The molecule has 1 amide bonds. The lowest BCUT2D eigenvalue weighted by molar-refractivity contribution is -0.129. The number of hydrogen-bond acceptors (Lipinski definition) is 3. The van der Waals surface area contributed by atoms with Crippen molar-refractivity contribution in [3.8, 4) is 0 Å². The number of hydrogen-bond donors (Lipinski definition) is 1. The summed E-state index contributed by atoms with van der Waals surface area (Å²) in [5, 5.41) is 10.6. The van der Waals surface area contributed by atoms with Gasteiger partial charge in [0.05, 0.1) is 13.0 Å². The molecule has 1 heterocycles. The molecule has 0 radical (unpaired) electrons. The molecule has 0 aliphatic carbocycles. The van der Waals surface area contributed by atoms with E-state index in [-0.39, 0.29) is 12.5 Å². The van der Waals surface area contributed by atoms with E-state index in [0.29, 0.717) is 13.0 Å². The van der Waals surface area contributed by atoms with E-state index < -0.39 is 0 Å². The average Bonchev–Trinajstić information content (AvgIpc) is 2.57. The third-order valence-corrected chi connectivity index (χ3v) is 2.64. The van der Waals surface area contributed by atoms with Crippen molar-refractivity contribution in [2.75, 3.05) is 20.2 Å². The first-order chi connectivity index (χ1) is 6.24. The fourth-order valence-corrected chi connectivity index (χ4v) is 1.67. The van der Waals surface area contributed by atoms with E-state index in [9.17, 15) is 4.79 Å². The van der Waals surface area contributed by atoms with E-state index in [4.69, 9.17) is 5.11 Å². The first kappa shape index (κ1) is 10.2. The summed E-state index contributed by atoms with van der Waals surface area (Å²) in [5.74, 6) is 0.0523. The number of aliphatic hydroxyl groups excluding tert-OH is 1. The van der Waals surface area contributed by atoms with Crippen LogP contribution in [-0.4, -0.2) is 36.1 Å².